The Morgan fingerprint density at radius 2 is 2.17 bits per heavy atom. The summed E-state index contributed by atoms with van der Waals surface area (Å²) in [5.74, 6) is -0.251. The van der Waals surface area contributed by atoms with E-state index in [1.54, 1.807) is 30.6 Å². The second-order valence-electron chi connectivity index (χ2n) is 3.75. The largest absolute Gasteiger partial charge is 0.397 e. The van der Waals surface area contributed by atoms with Gasteiger partial charge in [-0.3, -0.25) is 9.78 Å². The van der Waals surface area contributed by atoms with Crippen LogP contribution in [0, 0.1) is 0 Å². The summed E-state index contributed by atoms with van der Waals surface area (Å²) in [7, 11) is 0. The highest BCUT2D eigenvalue weighted by Crippen LogP contribution is 2.22. The van der Waals surface area contributed by atoms with Gasteiger partial charge in [-0.05, 0) is 23.8 Å². The summed E-state index contributed by atoms with van der Waals surface area (Å²) >= 11 is 5.86. The number of nitrogens with one attached hydrogen (secondary N) is 1. The predicted molar refractivity (Wildman–Crippen MR) is 71.3 cm³/mol. The fraction of sp³-hybridized carbons (Fsp3) is 0.0769. The monoisotopic (exact) mass is 261 g/mol. The molecular formula is C13H12ClN3O. The molecule has 0 saturated heterocycles. The molecule has 0 fully saturated rings. The number of aromatic nitrogens is 1. The van der Waals surface area contributed by atoms with Gasteiger partial charge in [0, 0.05) is 18.9 Å². The molecule has 0 aliphatic heterocycles. The van der Waals surface area contributed by atoms with Gasteiger partial charge in [-0.25, -0.2) is 0 Å². The highest BCUT2D eigenvalue weighted by atomic mass is 35.5. The lowest BCUT2D eigenvalue weighted by Gasteiger charge is -2.08. The van der Waals surface area contributed by atoms with Crippen molar-refractivity contribution in [3.63, 3.8) is 0 Å². The molecule has 2 rings (SSSR count). The Morgan fingerprint density at radius 3 is 2.89 bits per heavy atom. The minimum atomic E-state index is -0.251. The molecule has 3 N–H and O–H groups in total. The van der Waals surface area contributed by atoms with Crippen LogP contribution in [0.4, 0.5) is 5.69 Å². The lowest BCUT2D eigenvalue weighted by Crippen LogP contribution is -2.23. The summed E-state index contributed by atoms with van der Waals surface area (Å²) in [6.07, 6.45) is 3.38. The van der Waals surface area contributed by atoms with Crippen LogP contribution in [0.5, 0.6) is 0 Å². The zero-order chi connectivity index (χ0) is 13.0. The number of para-hydroxylation sites is 1. The van der Waals surface area contributed by atoms with Crippen molar-refractivity contribution in [2.45, 2.75) is 6.54 Å². The SMILES string of the molecule is Nc1c(Cl)cccc1C(=O)NCc1cccnc1. The summed E-state index contributed by atoms with van der Waals surface area (Å²) in [6, 6.07) is 8.68. The molecule has 1 aromatic heterocycles. The van der Waals surface area contributed by atoms with E-state index in [9.17, 15) is 4.79 Å². The first-order chi connectivity index (χ1) is 8.68. The van der Waals surface area contributed by atoms with Crippen LogP contribution in [-0.2, 0) is 6.54 Å². The first kappa shape index (κ1) is 12.4. The number of anilines is 1. The molecule has 0 unspecified atom stereocenters. The molecule has 1 heterocycles. The van der Waals surface area contributed by atoms with Gasteiger partial charge in [0.05, 0.1) is 16.3 Å². The summed E-state index contributed by atoms with van der Waals surface area (Å²) in [5.41, 5.74) is 7.35. The number of nitrogen functional groups attached to an aromatic ring is 1. The Hall–Kier alpha value is -2.07. The second kappa shape index (κ2) is 5.51. The Kier molecular flexibility index (Phi) is 3.79. The van der Waals surface area contributed by atoms with E-state index in [1.165, 1.54) is 0 Å². The fourth-order valence-corrected chi connectivity index (χ4v) is 1.69. The summed E-state index contributed by atoms with van der Waals surface area (Å²) in [6.45, 7) is 0.401. The molecule has 0 atom stereocenters. The van der Waals surface area contributed by atoms with E-state index in [-0.39, 0.29) is 5.91 Å². The van der Waals surface area contributed by atoms with Gasteiger partial charge in [-0.15, -0.1) is 0 Å². The van der Waals surface area contributed by atoms with E-state index < -0.39 is 0 Å². The Balaban J connectivity index is 2.07. The molecule has 2 aromatic rings. The molecule has 0 aliphatic carbocycles. The van der Waals surface area contributed by atoms with Crippen molar-refractivity contribution in [3.8, 4) is 0 Å². The second-order valence-corrected chi connectivity index (χ2v) is 4.15. The van der Waals surface area contributed by atoms with E-state index in [0.717, 1.165) is 5.56 Å². The normalized spacial score (nSPS) is 10.1. The first-order valence-electron chi connectivity index (χ1n) is 5.39. The van der Waals surface area contributed by atoms with Crippen molar-refractivity contribution in [3.05, 3.63) is 58.9 Å². The number of benzene rings is 1. The van der Waals surface area contributed by atoms with E-state index in [1.807, 2.05) is 12.1 Å². The summed E-state index contributed by atoms with van der Waals surface area (Å²) in [5, 5.41) is 3.14. The van der Waals surface area contributed by atoms with Crippen molar-refractivity contribution in [1.82, 2.24) is 10.3 Å². The Bertz CT molecular complexity index is 557. The number of amides is 1. The molecule has 92 valence electrons. The van der Waals surface area contributed by atoms with E-state index in [4.69, 9.17) is 17.3 Å². The van der Waals surface area contributed by atoms with Gasteiger partial charge in [0.1, 0.15) is 0 Å². The van der Waals surface area contributed by atoms with Crippen LogP contribution >= 0.6 is 11.6 Å². The van der Waals surface area contributed by atoms with Crippen LogP contribution in [0.15, 0.2) is 42.7 Å². The van der Waals surface area contributed by atoms with E-state index in [0.29, 0.717) is 22.8 Å². The third kappa shape index (κ3) is 2.78. The molecule has 0 spiro atoms. The average molecular weight is 262 g/mol. The molecule has 0 saturated carbocycles. The third-order valence-electron chi connectivity index (χ3n) is 2.47. The molecule has 1 amide bonds. The average Bonchev–Trinajstić information content (AvgIpc) is 2.40. The van der Waals surface area contributed by atoms with Crippen molar-refractivity contribution >= 4 is 23.2 Å². The quantitative estimate of drug-likeness (QED) is 0.833. The zero-order valence-electron chi connectivity index (χ0n) is 9.56. The summed E-state index contributed by atoms with van der Waals surface area (Å²) < 4.78 is 0. The number of hydrogen-bond donors (Lipinski definition) is 2. The molecule has 0 aliphatic rings. The third-order valence-corrected chi connectivity index (χ3v) is 2.80. The van der Waals surface area contributed by atoms with Crippen LogP contribution in [0.2, 0.25) is 5.02 Å². The molecular weight excluding hydrogens is 250 g/mol. The molecule has 0 radical (unpaired) electrons. The van der Waals surface area contributed by atoms with Crippen LogP contribution in [-0.4, -0.2) is 10.9 Å². The van der Waals surface area contributed by atoms with Crippen LogP contribution in [0.3, 0.4) is 0 Å². The zero-order valence-corrected chi connectivity index (χ0v) is 10.3. The number of hydrogen-bond acceptors (Lipinski definition) is 3. The number of nitrogens with two attached hydrogens (primary N) is 1. The van der Waals surface area contributed by atoms with Gasteiger partial charge < -0.3 is 11.1 Å². The van der Waals surface area contributed by atoms with Crippen molar-refractivity contribution in [2.75, 3.05) is 5.73 Å². The number of carbonyl (C=O) groups excluding carboxylic acids is 1. The number of pyridine rings is 1. The van der Waals surface area contributed by atoms with Crippen LogP contribution < -0.4 is 11.1 Å². The Labute approximate surface area is 110 Å². The number of halogens is 1. The predicted octanol–water partition coefficient (Wildman–Crippen LogP) is 2.25. The highest BCUT2D eigenvalue weighted by Gasteiger charge is 2.11. The maximum atomic E-state index is 11.9. The number of rotatable bonds is 3. The van der Waals surface area contributed by atoms with Gasteiger partial charge in [0.15, 0.2) is 0 Å². The van der Waals surface area contributed by atoms with Gasteiger partial charge in [0.2, 0.25) is 0 Å². The molecule has 5 heteroatoms. The highest BCUT2D eigenvalue weighted by molar-refractivity contribution is 6.33. The van der Waals surface area contributed by atoms with Gasteiger partial charge in [-0.2, -0.15) is 0 Å². The molecule has 1 aromatic carbocycles. The molecule has 18 heavy (non-hydrogen) atoms. The standard InChI is InChI=1S/C13H12ClN3O/c14-11-5-1-4-10(12(11)15)13(18)17-8-9-3-2-6-16-7-9/h1-7H,8,15H2,(H,17,18). The minimum absolute atomic E-state index is 0.251. The van der Waals surface area contributed by atoms with Crippen LogP contribution in [0.25, 0.3) is 0 Å². The van der Waals surface area contributed by atoms with Crippen molar-refractivity contribution < 1.29 is 4.79 Å². The smallest absolute Gasteiger partial charge is 0.253 e. The number of nitrogens with zero attached hydrogens (tertiary/aromatic N) is 1. The maximum Gasteiger partial charge on any atom is 0.253 e. The topological polar surface area (TPSA) is 68.0 Å². The molecule has 0 bridgehead atoms. The van der Waals surface area contributed by atoms with Gasteiger partial charge in [0.25, 0.3) is 5.91 Å². The van der Waals surface area contributed by atoms with Crippen molar-refractivity contribution in [2.24, 2.45) is 0 Å². The lowest BCUT2D eigenvalue weighted by atomic mass is 10.1. The number of carbonyl (C=O) groups is 1. The fourth-order valence-electron chi connectivity index (χ4n) is 1.52. The van der Waals surface area contributed by atoms with Crippen LogP contribution in [0.1, 0.15) is 15.9 Å². The minimum Gasteiger partial charge on any atom is -0.397 e. The molecule has 4 nitrogen and oxygen atoms in total. The Morgan fingerprint density at radius 1 is 1.33 bits per heavy atom. The lowest BCUT2D eigenvalue weighted by molar-refractivity contribution is 0.0952. The van der Waals surface area contributed by atoms with E-state index in [2.05, 4.69) is 10.3 Å². The van der Waals surface area contributed by atoms with E-state index >= 15 is 0 Å². The van der Waals surface area contributed by atoms with Crippen molar-refractivity contribution in [1.29, 1.82) is 0 Å². The summed E-state index contributed by atoms with van der Waals surface area (Å²) in [4.78, 5) is 15.9. The van der Waals surface area contributed by atoms with Gasteiger partial charge in [-0.1, -0.05) is 23.7 Å². The maximum absolute atomic E-state index is 11.9. The van der Waals surface area contributed by atoms with Gasteiger partial charge >= 0.3 is 0 Å². The first-order valence-corrected chi connectivity index (χ1v) is 5.77.